The lowest BCUT2D eigenvalue weighted by atomic mass is 10.3. The van der Waals surface area contributed by atoms with Crippen LogP contribution in [0, 0.1) is 0 Å². The summed E-state index contributed by atoms with van der Waals surface area (Å²) in [5.74, 6) is 1.82. The molecule has 0 fully saturated rings. The minimum atomic E-state index is 0.0770. The van der Waals surface area contributed by atoms with Gasteiger partial charge in [-0.2, -0.15) is 4.98 Å². The van der Waals surface area contributed by atoms with Gasteiger partial charge in [-0.25, -0.2) is 4.98 Å². The molecule has 2 N–H and O–H groups in total. The zero-order valence-corrected chi connectivity index (χ0v) is 15.8. The third kappa shape index (κ3) is 5.00. The molecule has 1 heterocycles. The third-order valence-electron chi connectivity index (χ3n) is 3.29. The SMILES string of the molecule is CC(C)Oc1ccccc1Nc1ccnc(Nc2cc(Cl)cc(Cl)c2)n1. The van der Waals surface area contributed by atoms with Gasteiger partial charge in [0.1, 0.15) is 11.6 Å². The van der Waals surface area contributed by atoms with Gasteiger partial charge in [-0.05, 0) is 50.2 Å². The number of nitrogens with one attached hydrogen (secondary N) is 2. The normalized spacial score (nSPS) is 10.7. The highest BCUT2D eigenvalue weighted by atomic mass is 35.5. The third-order valence-corrected chi connectivity index (χ3v) is 3.72. The predicted octanol–water partition coefficient (Wildman–Crippen LogP) is 6.06. The Morgan fingerprint density at radius 3 is 2.42 bits per heavy atom. The molecular formula is C19H18Cl2N4O. The first-order chi connectivity index (χ1) is 12.5. The molecule has 0 spiro atoms. The molecule has 0 bridgehead atoms. The summed E-state index contributed by atoms with van der Waals surface area (Å²) in [5, 5.41) is 7.43. The van der Waals surface area contributed by atoms with Gasteiger partial charge in [-0.3, -0.25) is 0 Å². The molecular weight excluding hydrogens is 371 g/mol. The molecule has 1 aromatic heterocycles. The average Bonchev–Trinajstić information content (AvgIpc) is 2.55. The van der Waals surface area contributed by atoms with E-state index < -0.39 is 0 Å². The smallest absolute Gasteiger partial charge is 0.229 e. The summed E-state index contributed by atoms with van der Waals surface area (Å²) in [6, 6.07) is 14.7. The molecule has 5 nitrogen and oxygen atoms in total. The maximum atomic E-state index is 6.02. The van der Waals surface area contributed by atoms with Crippen molar-refractivity contribution in [3.63, 3.8) is 0 Å². The molecule has 0 unspecified atom stereocenters. The lowest BCUT2D eigenvalue weighted by Gasteiger charge is -2.15. The molecule has 0 aliphatic carbocycles. The van der Waals surface area contributed by atoms with Gasteiger partial charge in [0.25, 0.3) is 0 Å². The molecule has 3 aromatic rings. The Bertz CT molecular complexity index is 882. The van der Waals surface area contributed by atoms with Gasteiger partial charge in [0, 0.05) is 21.9 Å². The van der Waals surface area contributed by atoms with Crippen molar-refractivity contribution in [2.24, 2.45) is 0 Å². The molecule has 0 aliphatic rings. The van der Waals surface area contributed by atoms with Crippen molar-refractivity contribution in [2.75, 3.05) is 10.6 Å². The number of hydrogen-bond donors (Lipinski definition) is 2. The predicted molar refractivity (Wildman–Crippen MR) is 107 cm³/mol. The molecule has 0 saturated carbocycles. The Hall–Kier alpha value is -2.50. The maximum Gasteiger partial charge on any atom is 0.229 e. The first-order valence-electron chi connectivity index (χ1n) is 8.08. The molecule has 0 saturated heterocycles. The summed E-state index contributed by atoms with van der Waals surface area (Å²) in [5.41, 5.74) is 1.54. The van der Waals surface area contributed by atoms with E-state index in [1.54, 1.807) is 30.5 Å². The highest BCUT2D eigenvalue weighted by Crippen LogP contribution is 2.28. The van der Waals surface area contributed by atoms with Crippen LogP contribution in [0.5, 0.6) is 5.75 Å². The Kier molecular flexibility index (Phi) is 5.81. The fourth-order valence-corrected chi connectivity index (χ4v) is 2.83. The molecule has 7 heteroatoms. The molecule has 0 atom stereocenters. The molecule has 26 heavy (non-hydrogen) atoms. The van der Waals surface area contributed by atoms with Crippen LogP contribution >= 0.6 is 23.2 Å². The van der Waals surface area contributed by atoms with Crippen molar-refractivity contribution in [2.45, 2.75) is 20.0 Å². The van der Waals surface area contributed by atoms with Crippen LogP contribution in [-0.4, -0.2) is 16.1 Å². The van der Waals surface area contributed by atoms with Crippen LogP contribution in [0.3, 0.4) is 0 Å². The fraction of sp³-hybridized carbons (Fsp3) is 0.158. The minimum Gasteiger partial charge on any atom is -0.489 e. The summed E-state index contributed by atoms with van der Waals surface area (Å²) in [7, 11) is 0. The van der Waals surface area contributed by atoms with Gasteiger partial charge in [-0.1, -0.05) is 35.3 Å². The fourth-order valence-electron chi connectivity index (χ4n) is 2.31. The first-order valence-corrected chi connectivity index (χ1v) is 8.84. The van der Waals surface area contributed by atoms with Gasteiger partial charge in [0.15, 0.2) is 0 Å². The number of halogens is 2. The van der Waals surface area contributed by atoms with Crippen molar-refractivity contribution in [1.29, 1.82) is 0 Å². The number of rotatable bonds is 6. The monoisotopic (exact) mass is 388 g/mol. The molecule has 2 aromatic carbocycles. The topological polar surface area (TPSA) is 59.1 Å². The quantitative estimate of drug-likeness (QED) is 0.537. The van der Waals surface area contributed by atoms with Crippen LogP contribution < -0.4 is 15.4 Å². The summed E-state index contributed by atoms with van der Waals surface area (Å²) in [6.07, 6.45) is 1.74. The standard InChI is InChI=1S/C19H18Cl2N4O/c1-12(2)26-17-6-4-3-5-16(17)24-18-7-8-22-19(25-18)23-15-10-13(20)9-14(21)11-15/h3-12H,1-2H3,(H2,22,23,24,25). The Morgan fingerprint density at radius 2 is 1.69 bits per heavy atom. The highest BCUT2D eigenvalue weighted by molar-refractivity contribution is 6.35. The zero-order valence-electron chi connectivity index (χ0n) is 14.3. The molecule has 0 aliphatic heterocycles. The van der Waals surface area contributed by atoms with Crippen molar-refractivity contribution in [1.82, 2.24) is 9.97 Å². The van der Waals surface area contributed by atoms with Crippen LogP contribution in [-0.2, 0) is 0 Å². The second-order valence-corrected chi connectivity index (χ2v) is 6.71. The van der Waals surface area contributed by atoms with E-state index in [2.05, 4.69) is 20.6 Å². The molecule has 0 radical (unpaired) electrons. The maximum absolute atomic E-state index is 6.02. The van der Waals surface area contributed by atoms with E-state index >= 15 is 0 Å². The van der Waals surface area contributed by atoms with Crippen molar-refractivity contribution in [3.8, 4) is 5.75 Å². The zero-order chi connectivity index (χ0) is 18.5. The van der Waals surface area contributed by atoms with Gasteiger partial charge in [0.2, 0.25) is 5.95 Å². The summed E-state index contributed by atoms with van der Waals surface area (Å²) in [6.45, 7) is 3.97. The van der Waals surface area contributed by atoms with E-state index in [1.807, 2.05) is 38.1 Å². The minimum absolute atomic E-state index is 0.0770. The van der Waals surface area contributed by atoms with Crippen LogP contribution in [0.1, 0.15) is 13.8 Å². The lowest BCUT2D eigenvalue weighted by molar-refractivity contribution is 0.244. The summed E-state index contributed by atoms with van der Waals surface area (Å²) >= 11 is 12.0. The number of para-hydroxylation sites is 2. The molecule has 134 valence electrons. The van der Waals surface area contributed by atoms with Crippen LogP contribution in [0.25, 0.3) is 0 Å². The van der Waals surface area contributed by atoms with Crippen LogP contribution in [0.2, 0.25) is 10.0 Å². The van der Waals surface area contributed by atoms with Crippen molar-refractivity contribution in [3.05, 3.63) is 64.8 Å². The number of anilines is 4. The van der Waals surface area contributed by atoms with E-state index in [-0.39, 0.29) is 6.10 Å². The second kappa shape index (κ2) is 8.25. The van der Waals surface area contributed by atoms with Crippen LogP contribution in [0.4, 0.5) is 23.1 Å². The largest absolute Gasteiger partial charge is 0.489 e. The first kappa shape index (κ1) is 18.3. The van der Waals surface area contributed by atoms with E-state index in [9.17, 15) is 0 Å². The van der Waals surface area contributed by atoms with Gasteiger partial charge < -0.3 is 15.4 Å². The van der Waals surface area contributed by atoms with Gasteiger partial charge in [-0.15, -0.1) is 0 Å². The number of benzene rings is 2. The Balaban J connectivity index is 1.80. The highest BCUT2D eigenvalue weighted by Gasteiger charge is 2.07. The van der Waals surface area contributed by atoms with Crippen LogP contribution in [0.15, 0.2) is 54.7 Å². The lowest BCUT2D eigenvalue weighted by Crippen LogP contribution is -2.07. The van der Waals surface area contributed by atoms with E-state index in [0.717, 1.165) is 11.4 Å². The Labute approximate surface area is 162 Å². The number of nitrogens with zero attached hydrogens (tertiary/aromatic N) is 2. The average molecular weight is 389 g/mol. The summed E-state index contributed by atoms with van der Waals surface area (Å²) < 4.78 is 5.82. The van der Waals surface area contributed by atoms with Gasteiger partial charge in [0.05, 0.1) is 11.8 Å². The molecule has 3 rings (SSSR count). The van der Waals surface area contributed by atoms with Crippen molar-refractivity contribution >= 4 is 46.3 Å². The number of hydrogen-bond acceptors (Lipinski definition) is 5. The molecule has 0 amide bonds. The number of aromatic nitrogens is 2. The van der Waals surface area contributed by atoms with Crippen molar-refractivity contribution < 1.29 is 4.74 Å². The van der Waals surface area contributed by atoms with E-state index in [1.165, 1.54) is 0 Å². The summed E-state index contributed by atoms with van der Waals surface area (Å²) in [4.78, 5) is 8.69. The van der Waals surface area contributed by atoms with E-state index in [0.29, 0.717) is 27.5 Å². The Morgan fingerprint density at radius 1 is 0.962 bits per heavy atom. The van der Waals surface area contributed by atoms with Gasteiger partial charge >= 0.3 is 0 Å². The van der Waals surface area contributed by atoms with E-state index in [4.69, 9.17) is 27.9 Å². The second-order valence-electron chi connectivity index (χ2n) is 5.84. The number of ether oxygens (including phenoxy) is 1.